The molecule has 0 amide bonds. The average Bonchev–Trinajstić information content (AvgIpc) is 3.54. The third-order valence-corrected chi connectivity index (χ3v) is 12.1. The van der Waals surface area contributed by atoms with E-state index >= 15 is 0 Å². The SMILES string of the molecule is [2H]c1c2ccccc2c(-c2cccc3[se]c4cccc(-c5c6ccccc6c(-c6ccccc6)c6ccccc56)c4c23)c2ccccc12. The Hall–Kier alpha value is -5.46. The molecule has 0 saturated heterocycles. The van der Waals surface area contributed by atoms with Gasteiger partial charge in [-0.25, -0.2) is 0 Å². The Balaban J connectivity index is 1.39. The van der Waals surface area contributed by atoms with Gasteiger partial charge >= 0.3 is 281 Å². The molecule has 0 N–H and O–H groups in total. The van der Waals surface area contributed by atoms with Crippen LogP contribution in [0.15, 0.2) is 170 Å². The Bertz CT molecular complexity index is 2780. The van der Waals surface area contributed by atoms with Gasteiger partial charge < -0.3 is 0 Å². The zero-order valence-corrected chi connectivity index (χ0v) is 27.2. The van der Waals surface area contributed by atoms with E-state index in [1.54, 1.807) is 0 Å². The molecule has 0 spiro atoms. The fraction of sp³-hybridized carbons (Fsp3) is 0. The number of hydrogen-bond donors (Lipinski definition) is 0. The minimum atomic E-state index is 0.174. The molecule has 9 aromatic carbocycles. The molecule has 218 valence electrons. The summed E-state index contributed by atoms with van der Waals surface area (Å²) < 4.78 is 12.0. The van der Waals surface area contributed by atoms with E-state index in [4.69, 9.17) is 1.37 Å². The van der Waals surface area contributed by atoms with E-state index in [0.29, 0.717) is 6.04 Å². The van der Waals surface area contributed by atoms with Crippen LogP contribution in [0.25, 0.3) is 95.8 Å². The molecule has 10 aromatic rings. The van der Waals surface area contributed by atoms with Gasteiger partial charge in [0.05, 0.1) is 0 Å². The van der Waals surface area contributed by atoms with Crippen molar-refractivity contribution in [3.63, 3.8) is 0 Å². The molecule has 1 heterocycles. The average molecular weight is 661 g/mol. The maximum atomic E-state index is 9.14. The fourth-order valence-corrected chi connectivity index (χ4v) is 10.2. The predicted octanol–water partition coefficient (Wildman–Crippen LogP) is 12.7. The molecular formula is C46H28Se. The van der Waals surface area contributed by atoms with Crippen molar-refractivity contribution in [2.24, 2.45) is 0 Å². The second-order valence-corrected chi connectivity index (χ2v) is 14.5. The van der Waals surface area contributed by atoms with Crippen LogP contribution in [0.3, 0.4) is 0 Å². The molecule has 0 fully saturated rings. The van der Waals surface area contributed by atoms with Crippen LogP contribution in [0.5, 0.6) is 0 Å². The topological polar surface area (TPSA) is 0 Å². The van der Waals surface area contributed by atoms with Crippen LogP contribution in [0, 0.1) is 0 Å². The van der Waals surface area contributed by atoms with Gasteiger partial charge in [0.1, 0.15) is 0 Å². The van der Waals surface area contributed by atoms with Crippen molar-refractivity contribution in [1.29, 1.82) is 0 Å². The molecule has 0 bridgehead atoms. The summed E-state index contributed by atoms with van der Waals surface area (Å²) in [6, 6.07) is 60.1. The van der Waals surface area contributed by atoms with Gasteiger partial charge in [-0.2, -0.15) is 0 Å². The Morgan fingerprint density at radius 2 is 0.745 bits per heavy atom. The molecule has 0 radical (unpaired) electrons. The first-order valence-corrected chi connectivity index (χ1v) is 17.8. The molecule has 0 nitrogen and oxygen atoms in total. The Kier molecular flexibility index (Phi) is 5.76. The zero-order chi connectivity index (χ0) is 31.8. The second-order valence-electron chi connectivity index (χ2n) is 12.3. The molecule has 0 saturated carbocycles. The van der Waals surface area contributed by atoms with Gasteiger partial charge in [-0.15, -0.1) is 0 Å². The number of rotatable bonds is 3. The van der Waals surface area contributed by atoms with E-state index in [9.17, 15) is 0 Å². The van der Waals surface area contributed by atoms with Gasteiger partial charge in [0.25, 0.3) is 0 Å². The van der Waals surface area contributed by atoms with Crippen molar-refractivity contribution in [1.82, 2.24) is 0 Å². The molecule has 1 heteroatoms. The summed E-state index contributed by atoms with van der Waals surface area (Å²) in [6.45, 7) is 0. The first-order chi connectivity index (χ1) is 23.8. The van der Waals surface area contributed by atoms with Crippen LogP contribution >= 0.6 is 0 Å². The van der Waals surface area contributed by atoms with Crippen LogP contribution in [0.4, 0.5) is 0 Å². The first-order valence-electron chi connectivity index (χ1n) is 16.6. The number of benzene rings is 9. The van der Waals surface area contributed by atoms with Crippen molar-refractivity contribution in [2.75, 3.05) is 0 Å². The quantitative estimate of drug-likeness (QED) is 0.131. The molecule has 47 heavy (non-hydrogen) atoms. The molecule has 1 aromatic heterocycles. The van der Waals surface area contributed by atoms with Gasteiger partial charge in [0, 0.05) is 0 Å². The molecule has 0 atom stereocenters. The van der Waals surface area contributed by atoms with Crippen LogP contribution in [-0.4, -0.2) is 14.5 Å². The van der Waals surface area contributed by atoms with Crippen molar-refractivity contribution in [3.8, 4) is 33.4 Å². The summed E-state index contributed by atoms with van der Waals surface area (Å²) in [5.41, 5.74) is 7.59. The third kappa shape index (κ3) is 4.01. The monoisotopic (exact) mass is 661 g/mol. The zero-order valence-electron chi connectivity index (χ0n) is 26.5. The molecule has 0 aliphatic rings. The Morgan fingerprint density at radius 3 is 1.26 bits per heavy atom. The molecule has 0 aliphatic carbocycles. The van der Waals surface area contributed by atoms with Crippen LogP contribution in [0.1, 0.15) is 1.37 Å². The van der Waals surface area contributed by atoms with Crippen molar-refractivity contribution in [2.45, 2.75) is 0 Å². The standard InChI is InChI=1S/C46H28Se/c1-2-14-29(15-3-1)42-34-20-8-10-22-36(34)44(37-23-11-9-21-35(37)42)39-25-13-27-41-46(39)45-38(24-12-26-40(45)47-41)43-32-18-6-4-16-30(32)28-31-17-5-7-19-33(31)43/h1-28H/i28D. The summed E-state index contributed by atoms with van der Waals surface area (Å²) in [5.74, 6) is 0. The van der Waals surface area contributed by atoms with E-state index < -0.39 is 0 Å². The van der Waals surface area contributed by atoms with Crippen molar-refractivity contribution in [3.05, 3.63) is 170 Å². The van der Waals surface area contributed by atoms with E-state index in [1.165, 1.54) is 74.2 Å². The first kappa shape index (κ1) is 25.7. The summed E-state index contributed by atoms with van der Waals surface area (Å²) in [6.07, 6.45) is 0. The van der Waals surface area contributed by atoms with E-state index in [2.05, 4.69) is 164 Å². The van der Waals surface area contributed by atoms with E-state index in [-0.39, 0.29) is 14.5 Å². The summed E-state index contributed by atoms with van der Waals surface area (Å²) >= 11 is 0.174. The van der Waals surface area contributed by atoms with E-state index in [1.807, 2.05) is 0 Å². The summed E-state index contributed by atoms with van der Waals surface area (Å²) in [5, 5.41) is 12.1. The number of fused-ring (bicyclic) bond motifs is 7. The van der Waals surface area contributed by atoms with Gasteiger partial charge in [-0.05, 0) is 0 Å². The summed E-state index contributed by atoms with van der Waals surface area (Å²) in [4.78, 5) is 0. The van der Waals surface area contributed by atoms with E-state index in [0.717, 1.165) is 21.5 Å². The maximum absolute atomic E-state index is 9.14. The second kappa shape index (κ2) is 10.5. The fourth-order valence-electron chi connectivity index (χ4n) is 7.82. The van der Waals surface area contributed by atoms with Crippen LogP contribution in [0.2, 0.25) is 0 Å². The minimum absolute atomic E-state index is 0.174. The van der Waals surface area contributed by atoms with Gasteiger partial charge in [-0.1, -0.05) is 0 Å². The van der Waals surface area contributed by atoms with Gasteiger partial charge in [0.2, 0.25) is 0 Å². The molecule has 10 rings (SSSR count). The third-order valence-electron chi connectivity index (χ3n) is 9.72. The van der Waals surface area contributed by atoms with Crippen molar-refractivity contribution >= 4 is 76.9 Å². The predicted molar refractivity (Wildman–Crippen MR) is 205 cm³/mol. The van der Waals surface area contributed by atoms with Gasteiger partial charge in [0.15, 0.2) is 0 Å². The Labute approximate surface area is 280 Å². The Morgan fingerprint density at radius 1 is 0.340 bits per heavy atom. The van der Waals surface area contributed by atoms with Crippen LogP contribution < -0.4 is 0 Å². The van der Waals surface area contributed by atoms with Crippen molar-refractivity contribution < 1.29 is 1.37 Å². The molecule has 0 aliphatic heterocycles. The van der Waals surface area contributed by atoms with Crippen LogP contribution in [-0.2, 0) is 0 Å². The van der Waals surface area contributed by atoms with Gasteiger partial charge in [-0.3, -0.25) is 0 Å². The molecular weight excluding hydrogens is 631 g/mol. The summed E-state index contributed by atoms with van der Waals surface area (Å²) in [7, 11) is 0. The number of hydrogen-bond acceptors (Lipinski definition) is 0. The normalized spacial score (nSPS) is 12.1. The molecule has 0 unspecified atom stereocenters.